The van der Waals surface area contributed by atoms with E-state index >= 15 is 0 Å². The predicted octanol–water partition coefficient (Wildman–Crippen LogP) is 4.43. The maximum atomic E-state index is 12.3. The highest BCUT2D eigenvalue weighted by molar-refractivity contribution is 6.14. The molecule has 0 amide bonds. The molecule has 2 unspecified atom stereocenters. The monoisotopic (exact) mass is 324 g/mol. The lowest BCUT2D eigenvalue weighted by atomic mass is 9.79. The molecule has 4 heteroatoms. The van der Waals surface area contributed by atoms with Gasteiger partial charge in [0.25, 0.3) is 0 Å². The summed E-state index contributed by atoms with van der Waals surface area (Å²) in [4.78, 5) is 24.6. The molecule has 1 aliphatic carbocycles. The van der Waals surface area contributed by atoms with Crippen LogP contribution in [0.3, 0.4) is 0 Å². The zero-order valence-corrected chi connectivity index (χ0v) is 14.9. The second-order valence-corrected chi connectivity index (χ2v) is 6.48. The first-order valence-electron chi connectivity index (χ1n) is 9.16. The fourth-order valence-electron chi connectivity index (χ4n) is 2.80. The van der Waals surface area contributed by atoms with E-state index in [0.29, 0.717) is 19.1 Å². The average molecular weight is 324 g/mol. The summed E-state index contributed by atoms with van der Waals surface area (Å²) in [5, 5.41) is 0. The van der Waals surface area contributed by atoms with Crippen LogP contribution >= 0.6 is 0 Å². The molecule has 0 bridgehead atoms. The molecule has 2 atom stereocenters. The van der Waals surface area contributed by atoms with Gasteiger partial charge in [0.2, 0.25) is 0 Å². The number of hydrogen-bond donors (Lipinski definition) is 0. The zero-order chi connectivity index (χ0) is 17.1. The molecule has 132 valence electrons. The van der Waals surface area contributed by atoms with E-state index in [1.165, 1.54) is 6.42 Å². The average Bonchev–Trinajstić information content (AvgIpc) is 2.54. The summed E-state index contributed by atoms with van der Waals surface area (Å²) in [5.41, 5.74) is 0.0935. The van der Waals surface area contributed by atoms with Crippen LogP contribution in [0.2, 0.25) is 0 Å². The van der Waals surface area contributed by atoms with Gasteiger partial charge in [-0.3, -0.25) is 0 Å². The first kappa shape index (κ1) is 19.7. The van der Waals surface area contributed by atoms with Crippen molar-refractivity contribution < 1.29 is 19.1 Å². The smallest absolute Gasteiger partial charge is 0.345 e. The highest BCUT2D eigenvalue weighted by Gasteiger charge is 2.26. The van der Waals surface area contributed by atoms with Crippen LogP contribution in [0.5, 0.6) is 0 Å². The number of carbonyl (C=O) groups is 2. The molecule has 0 N–H and O–H groups in total. The number of rotatable bonds is 9. The molecule has 0 radical (unpaired) electrons. The Labute approximate surface area is 140 Å². The second kappa shape index (κ2) is 11.3. The number of allylic oxidation sites excluding steroid dienone is 1. The maximum Gasteiger partial charge on any atom is 0.345 e. The number of unbranched alkanes of at least 4 members (excludes halogenated alkanes) is 2. The SMILES string of the molecule is CCCCOC(=O)C(=CC1CCCCC1C)C(=O)OCCCC. The Bertz CT molecular complexity index is 376. The standard InChI is InChI=1S/C19H32O4/c1-4-6-12-22-18(20)17(19(21)23-13-7-5-2)14-16-11-9-8-10-15(16)3/h14-16H,4-13H2,1-3H3. The second-order valence-electron chi connectivity index (χ2n) is 6.48. The molecule has 1 fully saturated rings. The largest absolute Gasteiger partial charge is 0.462 e. The minimum atomic E-state index is -0.530. The lowest BCUT2D eigenvalue weighted by molar-refractivity contribution is -0.147. The molecule has 0 aromatic rings. The molecule has 0 aromatic carbocycles. The van der Waals surface area contributed by atoms with Gasteiger partial charge >= 0.3 is 11.9 Å². The fraction of sp³-hybridized carbons (Fsp3) is 0.789. The third-order valence-corrected chi connectivity index (χ3v) is 4.46. The van der Waals surface area contributed by atoms with E-state index in [9.17, 15) is 9.59 Å². The molecule has 0 aromatic heterocycles. The lowest BCUT2D eigenvalue weighted by Crippen LogP contribution is -2.23. The van der Waals surface area contributed by atoms with E-state index < -0.39 is 11.9 Å². The van der Waals surface area contributed by atoms with Crippen molar-refractivity contribution in [2.45, 2.75) is 72.1 Å². The number of ether oxygens (including phenoxy) is 2. The molecular formula is C19H32O4. The predicted molar refractivity (Wildman–Crippen MR) is 90.9 cm³/mol. The van der Waals surface area contributed by atoms with Crippen LogP contribution in [0.15, 0.2) is 11.6 Å². The van der Waals surface area contributed by atoms with Crippen molar-refractivity contribution in [1.29, 1.82) is 0 Å². The van der Waals surface area contributed by atoms with Gasteiger partial charge in [-0.05, 0) is 31.1 Å². The van der Waals surface area contributed by atoms with Gasteiger partial charge in [0, 0.05) is 0 Å². The van der Waals surface area contributed by atoms with Gasteiger partial charge < -0.3 is 9.47 Å². The van der Waals surface area contributed by atoms with Gasteiger partial charge in [-0.2, -0.15) is 0 Å². The number of hydrogen-bond acceptors (Lipinski definition) is 4. The first-order chi connectivity index (χ1) is 11.1. The van der Waals surface area contributed by atoms with Crippen molar-refractivity contribution in [3.63, 3.8) is 0 Å². The van der Waals surface area contributed by atoms with Gasteiger partial charge in [-0.15, -0.1) is 0 Å². The summed E-state index contributed by atoms with van der Waals surface area (Å²) >= 11 is 0. The zero-order valence-electron chi connectivity index (χ0n) is 14.9. The lowest BCUT2D eigenvalue weighted by Gasteiger charge is -2.26. The Morgan fingerprint density at radius 1 is 0.957 bits per heavy atom. The molecule has 1 saturated carbocycles. The van der Waals surface area contributed by atoms with E-state index in [2.05, 4.69) is 6.92 Å². The fourth-order valence-corrected chi connectivity index (χ4v) is 2.80. The van der Waals surface area contributed by atoms with Crippen LogP contribution in [0, 0.1) is 11.8 Å². The van der Waals surface area contributed by atoms with Crippen LogP contribution in [-0.4, -0.2) is 25.2 Å². The number of carbonyl (C=O) groups excluding carboxylic acids is 2. The van der Waals surface area contributed by atoms with Crippen molar-refractivity contribution in [3.05, 3.63) is 11.6 Å². The molecule has 0 saturated heterocycles. The highest BCUT2D eigenvalue weighted by Crippen LogP contribution is 2.31. The Morgan fingerprint density at radius 3 is 1.96 bits per heavy atom. The van der Waals surface area contributed by atoms with Gasteiger partial charge in [-0.1, -0.05) is 59.0 Å². The Hall–Kier alpha value is -1.32. The van der Waals surface area contributed by atoms with Gasteiger partial charge in [0.1, 0.15) is 5.57 Å². The van der Waals surface area contributed by atoms with E-state index in [1.54, 1.807) is 0 Å². The minimum Gasteiger partial charge on any atom is -0.462 e. The Kier molecular flexibility index (Phi) is 9.65. The van der Waals surface area contributed by atoms with Crippen molar-refractivity contribution in [3.8, 4) is 0 Å². The van der Waals surface area contributed by atoms with Crippen LogP contribution in [0.25, 0.3) is 0 Å². The van der Waals surface area contributed by atoms with E-state index in [4.69, 9.17) is 9.47 Å². The van der Waals surface area contributed by atoms with Crippen LogP contribution in [-0.2, 0) is 19.1 Å². The molecule has 1 rings (SSSR count). The van der Waals surface area contributed by atoms with Crippen LogP contribution < -0.4 is 0 Å². The van der Waals surface area contributed by atoms with Gasteiger partial charge in [-0.25, -0.2) is 9.59 Å². The summed E-state index contributed by atoms with van der Waals surface area (Å²) in [6.45, 7) is 6.97. The van der Waals surface area contributed by atoms with Crippen LogP contribution in [0.4, 0.5) is 0 Å². The molecule has 0 spiro atoms. The highest BCUT2D eigenvalue weighted by atomic mass is 16.6. The third-order valence-electron chi connectivity index (χ3n) is 4.46. The van der Waals surface area contributed by atoms with Gasteiger partial charge in [0.15, 0.2) is 0 Å². The van der Waals surface area contributed by atoms with Crippen molar-refractivity contribution in [1.82, 2.24) is 0 Å². The maximum absolute atomic E-state index is 12.3. The summed E-state index contributed by atoms with van der Waals surface area (Å²) < 4.78 is 10.5. The summed E-state index contributed by atoms with van der Waals surface area (Å²) in [6, 6.07) is 0. The van der Waals surface area contributed by atoms with E-state index in [0.717, 1.165) is 44.9 Å². The molecule has 0 aliphatic heterocycles. The number of esters is 2. The molecule has 4 nitrogen and oxygen atoms in total. The van der Waals surface area contributed by atoms with E-state index in [-0.39, 0.29) is 11.5 Å². The van der Waals surface area contributed by atoms with Crippen molar-refractivity contribution in [2.24, 2.45) is 11.8 Å². The van der Waals surface area contributed by atoms with Crippen LogP contribution in [0.1, 0.15) is 72.1 Å². The third kappa shape index (κ3) is 7.19. The topological polar surface area (TPSA) is 52.6 Å². The van der Waals surface area contributed by atoms with Crippen molar-refractivity contribution >= 4 is 11.9 Å². The molecule has 0 heterocycles. The molecular weight excluding hydrogens is 292 g/mol. The first-order valence-corrected chi connectivity index (χ1v) is 9.16. The Morgan fingerprint density at radius 2 is 1.48 bits per heavy atom. The normalized spacial score (nSPS) is 20.7. The molecule has 1 aliphatic rings. The minimum absolute atomic E-state index is 0.0935. The quantitative estimate of drug-likeness (QED) is 0.207. The summed E-state index contributed by atoms with van der Waals surface area (Å²) in [7, 11) is 0. The summed E-state index contributed by atoms with van der Waals surface area (Å²) in [6.07, 6.45) is 9.87. The summed E-state index contributed by atoms with van der Waals surface area (Å²) in [5.74, 6) is -0.308. The Balaban J connectivity index is 2.77. The van der Waals surface area contributed by atoms with E-state index in [1.807, 2.05) is 19.9 Å². The molecule has 23 heavy (non-hydrogen) atoms. The van der Waals surface area contributed by atoms with Crippen molar-refractivity contribution in [2.75, 3.05) is 13.2 Å². The van der Waals surface area contributed by atoms with Gasteiger partial charge in [0.05, 0.1) is 13.2 Å².